The van der Waals surface area contributed by atoms with Gasteiger partial charge in [-0.3, -0.25) is 13.8 Å². The minimum atomic E-state index is -4.34. The highest BCUT2D eigenvalue weighted by Crippen LogP contribution is 2.43. The zero-order chi connectivity index (χ0) is 39.6. The van der Waals surface area contributed by atoms with Gasteiger partial charge in [0.2, 0.25) is 5.91 Å². The van der Waals surface area contributed by atoms with E-state index in [1.165, 1.54) is 148 Å². The highest BCUT2D eigenvalue weighted by molar-refractivity contribution is 7.47. The number of hydrogen-bond acceptors (Lipinski definition) is 6. The van der Waals surface area contributed by atoms with E-state index < -0.39 is 20.0 Å². The van der Waals surface area contributed by atoms with Crippen LogP contribution in [0.1, 0.15) is 213 Å². The molecule has 0 rings (SSSR count). The van der Waals surface area contributed by atoms with Crippen molar-refractivity contribution < 1.29 is 28.4 Å². The predicted molar refractivity (Wildman–Crippen MR) is 231 cm³/mol. The highest BCUT2D eigenvalue weighted by atomic mass is 31.2. The fraction of sp³-hybridized carbons (Fsp3) is 0.844. The molecule has 1 amide bonds. The second kappa shape index (κ2) is 41.4. The van der Waals surface area contributed by atoms with Gasteiger partial charge in [-0.2, -0.15) is 0 Å². The van der Waals surface area contributed by atoms with Crippen LogP contribution in [0.2, 0.25) is 0 Å². The summed E-state index contributed by atoms with van der Waals surface area (Å²) in [5.74, 6) is -0.197. The Labute approximate surface area is 333 Å². The Balaban J connectivity index is 4.10. The molecule has 5 N–H and O–H groups in total. The molecule has 0 aromatic rings. The first kappa shape index (κ1) is 52.7. The third kappa shape index (κ3) is 39.0. The van der Waals surface area contributed by atoms with Crippen molar-refractivity contribution in [3.8, 4) is 0 Å². The number of phosphoric acid groups is 1. The van der Waals surface area contributed by atoms with E-state index in [0.717, 1.165) is 44.9 Å². The summed E-state index contributed by atoms with van der Waals surface area (Å²) >= 11 is 0. The molecule has 318 valence electrons. The van der Waals surface area contributed by atoms with Crippen molar-refractivity contribution in [1.82, 2.24) is 5.32 Å². The van der Waals surface area contributed by atoms with Gasteiger partial charge in [-0.15, -0.1) is 0 Å². The molecule has 0 fully saturated rings. The fourth-order valence-electron chi connectivity index (χ4n) is 6.52. The molecular weight excluding hydrogens is 695 g/mol. The van der Waals surface area contributed by atoms with Gasteiger partial charge in [0.05, 0.1) is 25.4 Å². The number of amides is 1. The van der Waals surface area contributed by atoms with E-state index in [1.807, 2.05) is 6.08 Å². The maximum Gasteiger partial charge on any atom is 0.472 e. The number of aliphatic hydroxyl groups is 1. The van der Waals surface area contributed by atoms with E-state index in [0.29, 0.717) is 6.42 Å². The Hall–Kier alpha value is -1.28. The van der Waals surface area contributed by atoms with E-state index in [-0.39, 0.29) is 25.7 Å². The predicted octanol–water partition coefficient (Wildman–Crippen LogP) is 12.7. The highest BCUT2D eigenvalue weighted by Gasteiger charge is 2.26. The fourth-order valence-corrected chi connectivity index (χ4v) is 7.27. The molecule has 3 atom stereocenters. The molecule has 0 aromatic heterocycles. The number of nitrogens with one attached hydrogen (secondary N) is 1. The van der Waals surface area contributed by atoms with Gasteiger partial charge in [0, 0.05) is 13.0 Å². The lowest BCUT2D eigenvalue weighted by Crippen LogP contribution is -2.45. The van der Waals surface area contributed by atoms with Gasteiger partial charge in [0.1, 0.15) is 0 Å². The molecule has 0 bridgehead atoms. The average Bonchev–Trinajstić information content (AvgIpc) is 3.16. The summed E-state index contributed by atoms with van der Waals surface area (Å²) in [7, 11) is -4.34. The van der Waals surface area contributed by atoms with Crippen LogP contribution in [0.5, 0.6) is 0 Å². The summed E-state index contributed by atoms with van der Waals surface area (Å²) in [4.78, 5) is 22.7. The second-order valence-corrected chi connectivity index (χ2v) is 16.7. The summed E-state index contributed by atoms with van der Waals surface area (Å²) in [6, 6.07) is -0.859. The molecule has 0 aromatic carbocycles. The monoisotopic (exact) mass is 783 g/mol. The molecule has 3 unspecified atom stereocenters. The van der Waals surface area contributed by atoms with E-state index in [2.05, 4.69) is 43.5 Å². The zero-order valence-corrected chi connectivity index (χ0v) is 36.1. The van der Waals surface area contributed by atoms with Gasteiger partial charge in [-0.25, -0.2) is 4.57 Å². The molecule has 0 spiro atoms. The van der Waals surface area contributed by atoms with Crippen LogP contribution in [0.15, 0.2) is 36.5 Å². The number of rotatable bonds is 42. The summed E-state index contributed by atoms with van der Waals surface area (Å²) < 4.78 is 22.1. The Bertz CT molecular complexity index is 943. The standard InChI is InChI=1S/C45H87N2O6P/c1-3-5-7-9-11-13-15-17-18-19-20-21-22-23-24-25-26-27-29-31-33-35-37-39-45(49)47-43(42-53-54(50,51)52-41-40-46)44(48)38-36-34-32-30-28-16-14-12-10-8-6-4-2/h15,17,19-20,36,38,43-44,48H,3-14,16,18,21-35,37,39-42,46H2,1-2H3,(H,47,49)(H,50,51)/b17-15-,20-19-,38-36+. The van der Waals surface area contributed by atoms with Crippen molar-refractivity contribution >= 4 is 13.7 Å². The van der Waals surface area contributed by atoms with Crippen LogP contribution < -0.4 is 11.1 Å². The Morgan fingerprint density at radius 3 is 1.46 bits per heavy atom. The number of phosphoric ester groups is 1. The van der Waals surface area contributed by atoms with Crippen LogP contribution in [-0.2, 0) is 18.4 Å². The molecule has 0 aliphatic rings. The van der Waals surface area contributed by atoms with Gasteiger partial charge in [-0.1, -0.05) is 192 Å². The lowest BCUT2D eigenvalue weighted by molar-refractivity contribution is -0.123. The maximum atomic E-state index is 12.8. The Morgan fingerprint density at radius 1 is 0.611 bits per heavy atom. The lowest BCUT2D eigenvalue weighted by atomic mass is 10.0. The van der Waals surface area contributed by atoms with E-state index in [9.17, 15) is 19.4 Å². The van der Waals surface area contributed by atoms with Crippen molar-refractivity contribution in [2.75, 3.05) is 19.8 Å². The van der Waals surface area contributed by atoms with Crippen LogP contribution >= 0.6 is 7.82 Å². The molecule has 0 saturated heterocycles. The first-order valence-corrected chi connectivity index (χ1v) is 24.1. The van der Waals surface area contributed by atoms with E-state index in [4.69, 9.17) is 14.8 Å². The van der Waals surface area contributed by atoms with Crippen LogP contribution in [0, 0.1) is 0 Å². The third-order valence-corrected chi connectivity index (χ3v) is 10.9. The maximum absolute atomic E-state index is 12.8. The normalized spacial score (nSPS) is 14.4. The van der Waals surface area contributed by atoms with E-state index in [1.54, 1.807) is 6.08 Å². The number of hydrogen-bond donors (Lipinski definition) is 4. The minimum absolute atomic E-state index is 0.0781. The Morgan fingerprint density at radius 2 is 1.02 bits per heavy atom. The number of allylic oxidation sites excluding steroid dienone is 5. The van der Waals surface area contributed by atoms with Gasteiger partial charge < -0.3 is 21.1 Å². The lowest BCUT2D eigenvalue weighted by Gasteiger charge is -2.23. The smallest absolute Gasteiger partial charge is 0.387 e. The quantitative estimate of drug-likeness (QED) is 0.0275. The molecule has 0 aliphatic carbocycles. The molecule has 0 aliphatic heterocycles. The molecule has 54 heavy (non-hydrogen) atoms. The van der Waals surface area contributed by atoms with E-state index >= 15 is 0 Å². The molecule has 0 saturated carbocycles. The number of unbranched alkanes of at least 4 members (excludes halogenated alkanes) is 26. The summed E-state index contributed by atoms with van der Waals surface area (Å²) in [6.07, 6.45) is 49.1. The number of aliphatic hydroxyl groups excluding tert-OH is 1. The van der Waals surface area contributed by atoms with Crippen molar-refractivity contribution in [2.45, 2.75) is 225 Å². The minimum Gasteiger partial charge on any atom is -0.387 e. The van der Waals surface area contributed by atoms with Gasteiger partial charge in [0.15, 0.2) is 0 Å². The largest absolute Gasteiger partial charge is 0.472 e. The zero-order valence-electron chi connectivity index (χ0n) is 35.2. The van der Waals surface area contributed by atoms with Crippen molar-refractivity contribution in [1.29, 1.82) is 0 Å². The van der Waals surface area contributed by atoms with Gasteiger partial charge >= 0.3 is 7.82 Å². The summed E-state index contributed by atoms with van der Waals surface area (Å²) in [6.45, 7) is 4.12. The molecule has 0 heterocycles. The molecule has 9 heteroatoms. The Kier molecular flexibility index (Phi) is 40.4. The SMILES string of the molecule is CCCCCCC/C=C\C/C=C\CCCCCCCCCCCCCC(=O)NC(COP(=O)(O)OCCN)C(O)/C=C/CCCCCCCCCCCC. The summed E-state index contributed by atoms with van der Waals surface area (Å²) in [5, 5.41) is 13.7. The second-order valence-electron chi connectivity index (χ2n) is 15.3. The number of nitrogens with two attached hydrogens (primary N) is 1. The van der Waals surface area contributed by atoms with Crippen LogP contribution in [0.3, 0.4) is 0 Å². The number of carbonyl (C=O) groups is 1. The van der Waals surface area contributed by atoms with Crippen molar-refractivity contribution in [2.24, 2.45) is 5.73 Å². The van der Waals surface area contributed by atoms with Crippen molar-refractivity contribution in [3.63, 3.8) is 0 Å². The summed E-state index contributed by atoms with van der Waals surface area (Å²) in [5.41, 5.74) is 5.37. The van der Waals surface area contributed by atoms with Crippen molar-refractivity contribution in [3.05, 3.63) is 36.5 Å². The van der Waals surface area contributed by atoms with Gasteiger partial charge in [0.25, 0.3) is 0 Å². The van der Waals surface area contributed by atoms with Gasteiger partial charge in [-0.05, 0) is 51.4 Å². The van der Waals surface area contributed by atoms with Crippen LogP contribution in [0.4, 0.5) is 0 Å². The first-order chi connectivity index (χ1) is 26.4. The topological polar surface area (TPSA) is 131 Å². The number of carbonyl (C=O) groups excluding carboxylic acids is 1. The average molecular weight is 783 g/mol. The van der Waals surface area contributed by atoms with Crippen LogP contribution in [0.25, 0.3) is 0 Å². The molecule has 0 radical (unpaired) electrons. The van der Waals surface area contributed by atoms with Crippen LogP contribution in [-0.4, -0.2) is 47.8 Å². The third-order valence-electron chi connectivity index (χ3n) is 9.96. The first-order valence-electron chi connectivity index (χ1n) is 22.6. The molecular formula is C45H87N2O6P. The molecule has 8 nitrogen and oxygen atoms in total.